The molecule has 0 heterocycles. The Morgan fingerprint density at radius 3 is 1.38 bits per heavy atom. The van der Waals surface area contributed by atoms with E-state index in [1.54, 1.807) is 6.92 Å². The van der Waals surface area contributed by atoms with Crippen LogP contribution in [0.5, 0.6) is 0 Å². The Morgan fingerprint density at radius 2 is 0.938 bits per heavy atom. The van der Waals surface area contributed by atoms with Crippen molar-refractivity contribution in [3.05, 3.63) is 12.2 Å². The number of esters is 2. The Morgan fingerprint density at radius 1 is 0.542 bits per heavy atom. The number of allylic oxidation sites excluding steroid dienone is 2. The number of ether oxygens (including phenoxy) is 2. The minimum absolute atomic E-state index is 0.00181. The average molecular weight is 703 g/mol. The van der Waals surface area contributed by atoms with E-state index in [1.807, 2.05) is 0 Å². The van der Waals surface area contributed by atoms with Crippen LogP contribution in [0.2, 0.25) is 0 Å². The van der Waals surface area contributed by atoms with Crippen molar-refractivity contribution in [2.24, 2.45) is 0 Å². The van der Waals surface area contributed by atoms with Gasteiger partial charge in [-0.25, -0.2) is 4.57 Å². The van der Waals surface area contributed by atoms with Gasteiger partial charge >= 0.3 is 19.8 Å². The quantitative estimate of drug-likeness (QED) is 0.0295. The van der Waals surface area contributed by atoms with E-state index in [0.29, 0.717) is 12.8 Å². The molecule has 0 aromatic heterocycles. The Labute approximate surface area is 295 Å². The predicted octanol–water partition coefficient (Wildman–Crippen LogP) is 12.1. The minimum atomic E-state index is -4.27. The van der Waals surface area contributed by atoms with E-state index in [0.717, 1.165) is 51.4 Å². The molecular weight excluding hydrogens is 627 g/mol. The van der Waals surface area contributed by atoms with E-state index in [2.05, 4.69) is 26.0 Å². The van der Waals surface area contributed by atoms with Crippen LogP contribution >= 0.6 is 7.82 Å². The normalized spacial score (nSPS) is 13.5. The van der Waals surface area contributed by atoms with Gasteiger partial charge in [-0.3, -0.25) is 18.6 Å². The predicted molar refractivity (Wildman–Crippen MR) is 198 cm³/mol. The molecule has 1 N–H and O–H groups in total. The Kier molecular flexibility index (Phi) is 34.7. The van der Waals surface area contributed by atoms with Gasteiger partial charge in [-0.2, -0.15) is 0 Å². The number of phosphoric acid groups is 1. The monoisotopic (exact) mass is 703 g/mol. The highest BCUT2D eigenvalue weighted by Crippen LogP contribution is 2.43. The second-order valence-electron chi connectivity index (χ2n) is 13.3. The molecule has 0 fully saturated rings. The molecule has 0 aliphatic heterocycles. The van der Waals surface area contributed by atoms with Crippen LogP contribution < -0.4 is 0 Å². The van der Waals surface area contributed by atoms with Gasteiger partial charge in [-0.15, -0.1) is 0 Å². The molecule has 0 saturated heterocycles. The van der Waals surface area contributed by atoms with Crippen LogP contribution in [0.4, 0.5) is 0 Å². The smallest absolute Gasteiger partial charge is 0.462 e. The maximum Gasteiger partial charge on any atom is 0.472 e. The molecule has 0 amide bonds. The van der Waals surface area contributed by atoms with Gasteiger partial charge in [0.15, 0.2) is 6.10 Å². The van der Waals surface area contributed by atoms with Gasteiger partial charge in [-0.05, 0) is 45.4 Å². The van der Waals surface area contributed by atoms with E-state index in [-0.39, 0.29) is 25.6 Å². The zero-order chi connectivity index (χ0) is 35.4. The summed E-state index contributed by atoms with van der Waals surface area (Å²) in [5, 5.41) is 0. The summed E-state index contributed by atoms with van der Waals surface area (Å²) in [5.41, 5.74) is 0. The Bertz CT molecular complexity index is 803. The lowest BCUT2D eigenvalue weighted by molar-refractivity contribution is -0.161. The second kappa shape index (κ2) is 35.6. The first kappa shape index (κ1) is 46.8. The number of carbonyl (C=O) groups is 2. The lowest BCUT2D eigenvalue weighted by Gasteiger charge is -2.19. The van der Waals surface area contributed by atoms with E-state index in [9.17, 15) is 19.0 Å². The van der Waals surface area contributed by atoms with Crippen molar-refractivity contribution in [3.8, 4) is 0 Å². The topological polar surface area (TPSA) is 108 Å². The molecule has 284 valence electrons. The van der Waals surface area contributed by atoms with Crippen molar-refractivity contribution in [2.45, 2.75) is 207 Å². The minimum Gasteiger partial charge on any atom is -0.462 e. The van der Waals surface area contributed by atoms with Crippen LogP contribution in [0.1, 0.15) is 201 Å². The zero-order valence-electron chi connectivity index (χ0n) is 31.4. The molecule has 0 aliphatic rings. The van der Waals surface area contributed by atoms with Crippen LogP contribution in [0.3, 0.4) is 0 Å². The fourth-order valence-electron chi connectivity index (χ4n) is 5.62. The molecule has 8 nitrogen and oxygen atoms in total. The zero-order valence-corrected chi connectivity index (χ0v) is 32.3. The van der Waals surface area contributed by atoms with Crippen LogP contribution in [0, 0.1) is 0 Å². The first-order chi connectivity index (χ1) is 23.3. The number of phosphoric ester groups is 1. The van der Waals surface area contributed by atoms with Crippen LogP contribution in [0.15, 0.2) is 12.2 Å². The molecule has 9 heteroatoms. The summed E-state index contributed by atoms with van der Waals surface area (Å²) >= 11 is 0. The highest BCUT2D eigenvalue weighted by atomic mass is 31.2. The largest absolute Gasteiger partial charge is 0.472 e. The van der Waals surface area contributed by atoms with Crippen LogP contribution in [-0.4, -0.2) is 42.8 Å². The summed E-state index contributed by atoms with van der Waals surface area (Å²) in [5.74, 6) is -0.800. The van der Waals surface area contributed by atoms with Gasteiger partial charge in [0.1, 0.15) is 6.61 Å². The lowest BCUT2D eigenvalue weighted by Crippen LogP contribution is -2.29. The Balaban J connectivity index is 4.12. The van der Waals surface area contributed by atoms with Gasteiger partial charge in [0, 0.05) is 12.8 Å². The molecule has 0 bridgehead atoms. The first-order valence-electron chi connectivity index (χ1n) is 20.0. The standard InChI is InChI=1S/C39H75O8P/c1-4-7-9-11-13-15-17-19-20-22-24-26-28-30-32-34-39(41)47-37(36-46-48(42,43)45-6-3)35-44-38(40)33-31-29-27-25-23-21-18-16-14-12-10-8-5-2/h19-20,37H,4-18,21-36H2,1-3H3,(H,42,43). The first-order valence-corrected chi connectivity index (χ1v) is 21.5. The number of hydrogen-bond acceptors (Lipinski definition) is 7. The summed E-state index contributed by atoms with van der Waals surface area (Å²) in [7, 11) is -4.27. The SMILES string of the molecule is CCCCCCCCC=CCCCCCCCC(=O)OC(COC(=O)CCCCCCCCCCCCCCC)COP(=O)(O)OCC. The summed E-state index contributed by atoms with van der Waals surface area (Å²) in [6.45, 7) is 5.47. The van der Waals surface area contributed by atoms with Crippen LogP contribution in [-0.2, 0) is 32.7 Å². The third kappa shape index (κ3) is 34.6. The molecule has 0 spiro atoms. The molecule has 0 rings (SSSR count). The molecule has 0 radical (unpaired) electrons. The highest BCUT2D eigenvalue weighted by Gasteiger charge is 2.25. The number of unbranched alkanes of at least 4 members (excludes halogenated alkanes) is 23. The van der Waals surface area contributed by atoms with E-state index in [1.165, 1.54) is 109 Å². The van der Waals surface area contributed by atoms with E-state index < -0.39 is 26.5 Å². The number of carbonyl (C=O) groups excluding carboxylic acids is 2. The molecule has 0 saturated carbocycles. The van der Waals surface area contributed by atoms with Crippen molar-refractivity contribution in [1.29, 1.82) is 0 Å². The maximum atomic E-state index is 12.5. The molecule has 2 atom stereocenters. The van der Waals surface area contributed by atoms with Gasteiger partial charge in [0.2, 0.25) is 0 Å². The van der Waals surface area contributed by atoms with Crippen LogP contribution in [0.25, 0.3) is 0 Å². The van der Waals surface area contributed by atoms with Gasteiger partial charge in [0.25, 0.3) is 0 Å². The molecule has 0 aliphatic carbocycles. The average Bonchev–Trinajstić information content (AvgIpc) is 3.06. The fraction of sp³-hybridized carbons (Fsp3) is 0.897. The Hall–Kier alpha value is -1.21. The van der Waals surface area contributed by atoms with E-state index >= 15 is 0 Å². The molecule has 0 aromatic carbocycles. The highest BCUT2D eigenvalue weighted by molar-refractivity contribution is 7.47. The third-order valence-corrected chi connectivity index (χ3v) is 9.63. The van der Waals surface area contributed by atoms with Crippen molar-refractivity contribution in [1.82, 2.24) is 0 Å². The number of rotatable bonds is 37. The summed E-state index contributed by atoms with van der Waals surface area (Å²) in [6.07, 6.45) is 35.4. The van der Waals surface area contributed by atoms with Crippen molar-refractivity contribution < 1.29 is 37.6 Å². The molecular formula is C39H75O8P. The van der Waals surface area contributed by atoms with Gasteiger partial charge < -0.3 is 14.4 Å². The molecule has 48 heavy (non-hydrogen) atoms. The second-order valence-corrected chi connectivity index (χ2v) is 14.8. The maximum absolute atomic E-state index is 12.5. The fourth-order valence-corrected chi connectivity index (χ4v) is 6.38. The van der Waals surface area contributed by atoms with Gasteiger partial charge in [-0.1, -0.05) is 154 Å². The molecule has 2 unspecified atom stereocenters. The molecule has 0 aromatic rings. The lowest BCUT2D eigenvalue weighted by atomic mass is 10.0. The van der Waals surface area contributed by atoms with Gasteiger partial charge in [0.05, 0.1) is 13.2 Å². The van der Waals surface area contributed by atoms with E-state index in [4.69, 9.17) is 18.5 Å². The van der Waals surface area contributed by atoms with Crippen molar-refractivity contribution in [2.75, 3.05) is 19.8 Å². The number of hydrogen-bond donors (Lipinski definition) is 1. The third-order valence-electron chi connectivity index (χ3n) is 8.57. The summed E-state index contributed by atoms with van der Waals surface area (Å²) in [4.78, 5) is 34.6. The van der Waals surface area contributed by atoms with Crippen molar-refractivity contribution in [3.63, 3.8) is 0 Å². The van der Waals surface area contributed by atoms with Crippen molar-refractivity contribution >= 4 is 19.8 Å². The summed E-state index contributed by atoms with van der Waals surface area (Å²) < 4.78 is 32.5. The summed E-state index contributed by atoms with van der Waals surface area (Å²) in [6, 6.07) is 0.